The maximum absolute atomic E-state index is 12.7. The maximum Gasteiger partial charge on any atom is 0.307 e. The number of carboxylic acids is 1. The lowest BCUT2D eigenvalue weighted by atomic mass is 9.94. The lowest BCUT2D eigenvalue weighted by Crippen LogP contribution is -2.45. The number of carbonyl (C=O) groups is 2. The van der Waals surface area contributed by atoms with Crippen LogP contribution in [0, 0.1) is 11.8 Å². The highest BCUT2D eigenvalue weighted by Crippen LogP contribution is 2.38. The Morgan fingerprint density at radius 2 is 1.62 bits per heavy atom. The first-order valence-electron chi connectivity index (χ1n) is 7.86. The SMILES string of the molecule is CC(C)(C)NC(=O)[C@@H]1C[C@H](S(=O)(=O)c2ccccc2)C[C@H]1C(=O)O. The molecule has 2 rings (SSSR count). The molecule has 1 aromatic carbocycles. The molecule has 1 aliphatic carbocycles. The van der Waals surface area contributed by atoms with Crippen LogP contribution < -0.4 is 5.32 Å². The molecule has 6 nitrogen and oxygen atoms in total. The molecule has 0 aliphatic heterocycles. The molecule has 0 saturated heterocycles. The standard InChI is InChI=1S/C17H23NO5S/c1-17(2,3)18-15(19)13-9-12(10-14(13)16(20)21)24(22,23)11-7-5-4-6-8-11/h4-8,12-14H,9-10H2,1-3H3,(H,18,19)(H,20,21)/t12-,13+,14+/m0/s1. The first kappa shape index (κ1) is 18.4. The molecule has 0 heterocycles. The molecule has 1 aliphatic rings. The Kier molecular flexibility index (Phi) is 5.03. The van der Waals surface area contributed by atoms with E-state index < -0.39 is 44.3 Å². The highest BCUT2D eigenvalue weighted by Gasteiger charge is 2.48. The predicted molar refractivity (Wildman–Crippen MR) is 89.2 cm³/mol. The second-order valence-corrected chi connectivity index (χ2v) is 9.47. The number of hydrogen-bond donors (Lipinski definition) is 2. The summed E-state index contributed by atoms with van der Waals surface area (Å²) in [5.41, 5.74) is -0.503. The number of benzene rings is 1. The van der Waals surface area contributed by atoms with Gasteiger partial charge in [0.25, 0.3) is 0 Å². The third-order valence-electron chi connectivity index (χ3n) is 4.18. The highest BCUT2D eigenvalue weighted by atomic mass is 32.2. The van der Waals surface area contributed by atoms with E-state index in [0.717, 1.165) is 0 Å². The van der Waals surface area contributed by atoms with Gasteiger partial charge in [-0.05, 0) is 45.7 Å². The molecule has 0 spiro atoms. The van der Waals surface area contributed by atoms with Gasteiger partial charge in [-0.3, -0.25) is 9.59 Å². The number of hydrogen-bond acceptors (Lipinski definition) is 4. The van der Waals surface area contributed by atoms with Gasteiger partial charge >= 0.3 is 5.97 Å². The normalized spacial score (nSPS) is 24.5. The molecule has 24 heavy (non-hydrogen) atoms. The van der Waals surface area contributed by atoms with Gasteiger partial charge in [0.2, 0.25) is 5.91 Å². The number of amides is 1. The number of carboxylic acid groups (broad SMARTS) is 1. The topological polar surface area (TPSA) is 101 Å². The van der Waals surface area contributed by atoms with Crippen molar-refractivity contribution in [2.24, 2.45) is 11.8 Å². The maximum atomic E-state index is 12.7. The fraction of sp³-hybridized carbons (Fsp3) is 0.529. The van der Waals surface area contributed by atoms with Crippen LogP contribution in [0.2, 0.25) is 0 Å². The number of rotatable bonds is 4. The summed E-state index contributed by atoms with van der Waals surface area (Å²) in [5.74, 6) is -3.36. The Morgan fingerprint density at radius 1 is 1.08 bits per heavy atom. The van der Waals surface area contributed by atoms with Crippen LogP contribution in [0.5, 0.6) is 0 Å². The first-order chi connectivity index (χ1) is 11.0. The third kappa shape index (κ3) is 3.95. The summed E-state index contributed by atoms with van der Waals surface area (Å²) in [5, 5.41) is 11.3. The predicted octanol–water partition coefficient (Wildman–Crippen LogP) is 1.85. The summed E-state index contributed by atoms with van der Waals surface area (Å²) >= 11 is 0. The van der Waals surface area contributed by atoms with E-state index in [-0.39, 0.29) is 17.7 Å². The van der Waals surface area contributed by atoms with E-state index in [9.17, 15) is 23.1 Å². The van der Waals surface area contributed by atoms with E-state index in [1.54, 1.807) is 39.0 Å². The summed E-state index contributed by atoms with van der Waals surface area (Å²) in [6.45, 7) is 5.40. The molecule has 0 bridgehead atoms. The molecule has 0 aromatic heterocycles. The van der Waals surface area contributed by atoms with Crippen molar-refractivity contribution in [2.75, 3.05) is 0 Å². The summed E-state index contributed by atoms with van der Waals surface area (Å²) in [4.78, 5) is 24.1. The van der Waals surface area contributed by atoms with Crippen LogP contribution in [0.15, 0.2) is 35.2 Å². The molecular weight excluding hydrogens is 330 g/mol. The zero-order chi connectivity index (χ0) is 18.1. The molecule has 1 amide bonds. The average molecular weight is 353 g/mol. The number of aliphatic carboxylic acids is 1. The van der Waals surface area contributed by atoms with Crippen molar-refractivity contribution < 1.29 is 23.1 Å². The third-order valence-corrected chi connectivity index (χ3v) is 6.37. The fourth-order valence-electron chi connectivity index (χ4n) is 3.07. The largest absolute Gasteiger partial charge is 0.481 e. The summed E-state index contributed by atoms with van der Waals surface area (Å²) in [7, 11) is -3.66. The first-order valence-corrected chi connectivity index (χ1v) is 9.41. The van der Waals surface area contributed by atoms with E-state index in [1.807, 2.05) is 0 Å². The number of carbonyl (C=O) groups excluding carboxylic acids is 1. The van der Waals surface area contributed by atoms with Crippen molar-refractivity contribution in [1.29, 1.82) is 0 Å². The van der Waals surface area contributed by atoms with Gasteiger partial charge in [0.1, 0.15) is 0 Å². The number of sulfone groups is 1. The van der Waals surface area contributed by atoms with E-state index in [4.69, 9.17) is 0 Å². The zero-order valence-corrected chi connectivity index (χ0v) is 14.8. The second kappa shape index (κ2) is 6.55. The van der Waals surface area contributed by atoms with Crippen LogP contribution in [0.4, 0.5) is 0 Å². The zero-order valence-electron chi connectivity index (χ0n) is 14.0. The van der Waals surface area contributed by atoms with E-state index in [1.165, 1.54) is 12.1 Å². The van der Waals surface area contributed by atoms with Gasteiger partial charge in [-0.1, -0.05) is 18.2 Å². The summed E-state index contributed by atoms with van der Waals surface area (Å²) < 4.78 is 25.5. The van der Waals surface area contributed by atoms with Crippen molar-refractivity contribution in [3.05, 3.63) is 30.3 Å². The van der Waals surface area contributed by atoms with Crippen LogP contribution in [-0.4, -0.2) is 36.2 Å². The van der Waals surface area contributed by atoms with Crippen molar-refractivity contribution in [3.63, 3.8) is 0 Å². The Bertz CT molecular complexity index is 721. The minimum atomic E-state index is -3.66. The van der Waals surface area contributed by atoms with Crippen LogP contribution in [0.25, 0.3) is 0 Å². The van der Waals surface area contributed by atoms with Crippen molar-refractivity contribution in [1.82, 2.24) is 5.32 Å². The average Bonchev–Trinajstić information content (AvgIpc) is 2.92. The molecule has 1 fully saturated rings. The van der Waals surface area contributed by atoms with E-state index >= 15 is 0 Å². The molecule has 1 aromatic rings. The minimum Gasteiger partial charge on any atom is -0.481 e. The highest BCUT2D eigenvalue weighted by molar-refractivity contribution is 7.92. The molecule has 3 atom stereocenters. The Hall–Kier alpha value is -1.89. The van der Waals surface area contributed by atoms with Gasteiger partial charge in [-0.25, -0.2) is 8.42 Å². The van der Waals surface area contributed by atoms with Crippen molar-refractivity contribution >= 4 is 21.7 Å². The molecular formula is C17H23NO5S. The Balaban J connectivity index is 2.27. The lowest BCUT2D eigenvalue weighted by Gasteiger charge is -2.24. The fourth-order valence-corrected chi connectivity index (χ4v) is 4.91. The van der Waals surface area contributed by atoms with Gasteiger partial charge in [0, 0.05) is 5.54 Å². The molecule has 2 N–H and O–H groups in total. The van der Waals surface area contributed by atoms with Crippen molar-refractivity contribution in [3.8, 4) is 0 Å². The second-order valence-electron chi connectivity index (χ2n) is 7.24. The smallest absolute Gasteiger partial charge is 0.307 e. The van der Waals surface area contributed by atoms with Crippen molar-refractivity contribution in [2.45, 2.75) is 49.3 Å². The molecule has 1 saturated carbocycles. The lowest BCUT2D eigenvalue weighted by molar-refractivity contribution is -0.146. The van der Waals surface area contributed by atoms with Gasteiger partial charge in [-0.15, -0.1) is 0 Å². The van der Waals surface area contributed by atoms with E-state index in [2.05, 4.69) is 5.32 Å². The monoisotopic (exact) mass is 353 g/mol. The summed E-state index contributed by atoms with van der Waals surface area (Å²) in [6, 6.07) is 7.95. The molecule has 0 radical (unpaired) electrons. The summed E-state index contributed by atoms with van der Waals surface area (Å²) in [6.07, 6.45) is -0.0229. The quantitative estimate of drug-likeness (QED) is 0.860. The van der Waals surface area contributed by atoms with Crippen LogP contribution in [0.3, 0.4) is 0 Å². The Morgan fingerprint density at radius 3 is 2.12 bits per heavy atom. The van der Waals surface area contributed by atoms with Gasteiger partial charge < -0.3 is 10.4 Å². The van der Waals surface area contributed by atoms with Gasteiger partial charge in [-0.2, -0.15) is 0 Å². The Labute approximate surface area is 142 Å². The van der Waals surface area contributed by atoms with Gasteiger partial charge in [0.05, 0.1) is 22.0 Å². The molecule has 132 valence electrons. The number of nitrogens with one attached hydrogen (secondary N) is 1. The minimum absolute atomic E-state index is 0.0239. The van der Waals surface area contributed by atoms with E-state index in [0.29, 0.717) is 0 Å². The van der Waals surface area contributed by atoms with Crippen LogP contribution in [-0.2, 0) is 19.4 Å². The van der Waals surface area contributed by atoms with Crippen LogP contribution >= 0.6 is 0 Å². The van der Waals surface area contributed by atoms with Crippen LogP contribution in [0.1, 0.15) is 33.6 Å². The van der Waals surface area contributed by atoms with Gasteiger partial charge in [0.15, 0.2) is 9.84 Å². The molecule has 0 unspecified atom stereocenters. The molecule has 7 heteroatoms.